The summed E-state index contributed by atoms with van der Waals surface area (Å²) in [7, 11) is -3.90. The fourth-order valence-corrected chi connectivity index (χ4v) is 4.28. The van der Waals surface area contributed by atoms with E-state index in [0.717, 1.165) is 0 Å². The SMILES string of the molecule is CC1OCCC1(O)CNS(=O)(=O)c1c(Cl)cccc1Cl. The van der Waals surface area contributed by atoms with Crippen molar-refractivity contribution in [2.45, 2.75) is 29.9 Å². The van der Waals surface area contributed by atoms with E-state index in [4.69, 9.17) is 27.9 Å². The Hall–Kier alpha value is -0.370. The Kier molecular flexibility index (Phi) is 4.63. The van der Waals surface area contributed by atoms with Crippen LogP contribution in [0, 0.1) is 0 Å². The lowest BCUT2D eigenvalue weighted by molar-refractivity contribution is -0.0228. The Morgan fingerprint density at radius 1 is 1.45 bits per heavy atom. The zero-order valence-electron chi connectivity index (χ0n) is 10.8. The summed E-state index contributed by atoms with van der Waals surface area (Å²) in [6, 6.07) is 4.44. The van der Waals surface area contributed by atoms with Gasteiger partial charge in [0.05, 0.1) is 16.1 Å². The molecule has 5 nitrogen and oxygen atoms in total. The van der Waals surface area contributed by atoms with Crippen LogP contribution in [0.15, 0.2) is 23.1 Å². The molecule has 1 saturated heterocycles. The Balaban J connectivity index is 2.20. The summed E-state index contributed by atoms with van der Waals surface area (Å²) in [5, 5.41) is 10.4. The van der Waals surface area contributed by atoms with E-state index in [1.54, 1.807) is 13.0 Å². The first-order valence-corrected chi connectivity index (χ1v) is 8.28. The summed E-state index contributed by atoms with van der Waals surface area (Å²) in [6.07, 6.45) is -0.0700. The molecule has 112 valence electrons. The molecular weight excluding hydrogens is 325 g/mol. The molecule has 0 aromatic heterocycles. The molecule has 0 radical (unpaired) electrons. The summed E-state index contributed by atoms with van der Waals surface area (Å²) in [5.74, 6) is 0. The van der Waals surface area contributed by atoms with Crippen LogP contribution in [0.4, 0.5) is 0 Å². The number of rotatable bonds is 4. The molecule has 0 bridgehead atoms. The highest BCUT2D eigenvalue weighted by Crippen LogP contribution is 2.30. The second-order valence-electron chi connectivity index (χ2n) is 4.74. The first kappa shape index (κ1) is 16.0. The molecule has 0 aliphatic carbocycles. The number of halogens is 2. The molecule has 0 amide bonds. The van der Waals surface area contributed by atoms with Crippen molar-refractivity contribution in [2.24, 2.45) is 0 Å². The number of aliphatic hydroxyl groups is 1. The highest BCUT2D eigenvalue weighted by molar-refractivity contribution is 7.89. The lowest BCUT2D eigenvalue weighted by atomic mass is 9.97. The van der Waals surface area contributed by atoms with E-state index in [-0.39, 0.29) is 21.5 Å². The Labute approximate surface area is 127 Å². The number of nitrogens with one attached hydrogen (secondary N) is 1. The highest BCUT2D eigenvalue weighted by Gasteiger charge is 2.40. The molecule has 8 heteroatoms. The normalized spacial score (nSPS) is 26.9. The summed E-state index contributed by atoms with van der Waals surface area (Å²) >= 11 is 11.8. The predicted molar refractivity (Wildman–Crippen MR) is 76.6 cm³/mol. The average Bonchev–Trinajstić information content (AvgIpc) is 2.68. The second-order valence-corrected chi connectivity index (χ2v) is 7.26. The minimum Gasteiger partial charge on any atom is -0.386 e. The first-order chi connectivity index (χ1) is 9.26. The quantitative estimate of drug-likeness (QED) is 0.877. The maximum absolute atomic E-state index is 12.2. The Morgan fingerprint density at radius 2 is 2.05 bits per heavy atom. The van der Waals surface area contributed by atoms with Gasteiger partial charge in [-0.2, -0.15) is 0 Å². The molecule has 2 N–H and O–H groups in total. The molecule has 0 spiro atoms. The van der Waals surface area contributed by atoms with Crippen molar-refractivity contribution in [3.8, 4) is 0 Å². The van der Waals surface area contributed by atoms with Crippen LogP contribution in [0.25, 0.3) is 0 Å². The van der Waals surface area contributed by atoms with Crippen molar-refractivity contribution >= 4 is 33.2 Å². The van der Waals surface area contributed by atoms with Crippen molar-refractivity contribution in [2.75, 3.05) is 13.2 Å². The number of benzene rings is 1. The van der Waals surface area contributed by atoms with E-state index in [9.17, 15) is 13.5 Å². The van der Waals surface area contributed by atoms with Gasteiger partial charge < -0.3 is 9.84 Å². The third-order valence-electron chi connectivity index (χ3n) is 3.42. The minimum absolute atomic E-state index is 0.0349. The van der Waals surface area contributed by atoms with Gasteiger partial charge in [0.15, 0.2) is 0 Å². The van der Waals surface area contributed by atoms with Gasteiger partial charge in [-0.05, 0) is 19.1 Å². The standard InChI is InChI=1S/C12H15Cl2NO4S/c1-8-12(16,5-6-19-8)7-15-20(17,18)11-9(13)3-2-4-10(11)14/h2-4,8,15-16H,5-7H2,1H3. The highest BCUT2D eigenvalue weighted by atomic mass is 35.5. The largest absolute Gasteiger partial charge is 0.386 e. The molecule has 0 saturated carbocycles. The molecule has 1 aromatic rings. The topological polar surface area (TPSA) is 75.6 Å². The van der Waals surface area contributed by atoms with Gasteiger partial charge in [-0.3, -0.25) is 0 Å². The van der Waals surface area contributed by atoms with E-state index in [0.29, 0.717) is 13.0 Å². The molecule has 2 atom stereocenters. The van der Waals surface area contributed by atoms with Crippen LogP contribution in [0.2, 0.25) is 10.0 Å². The molecule has 1 fully saturated rings. The summed E-state index contributed by atoms with van der Waals surface area (Å²) in [4.78, 5) is -0.182. The molecule has 1 aliphatic heterocycles. The van der Waals surface area contributed by atoms with E-state index >= 15 is 0 Å². The van der Waals surface area contributed by atoms with Crippen LogP contribution in [-0.4, -0.2) is 38.4 Å². The maximum atomic E-state index is 12.2. The van der Waals surface area contributed by atoms with Gasteiger partial charge in [0.2, 0.25) is 10.0 Å². The van der Waals surface area contributed by atoms with Gasteiger partial charge in [-0.15, -0.1) is 0 Å². The molecule has 1 aliphatic rings. The zero-order valence-corrected chi connectivity index (χ0v) is 13.1. The van der Waals surface area contributed by atoms with Crippen LogP contribution in [-0.2, 0) is 14.8 Å². The summed E-state index contributed by atoms with van der Waals surface area (Å²) in [5.41, 5.74) is -1.22. The lowest BCUT2D eigenvalue weighted by Crippen LogP contribution is -2.47. The van der Waals surface area contributed by atoms with Crippen LogP contribution < -0.4 is 4.72 Å². The molecule has 2 rings (SSSR count). The zero-order chi connectivity index (χ0) is 15.0. The van der Waals surface area contributed by atoms with E-state index < -0.39 is 21.7 Å². The fourth-order valence-electron chi connectivity index (χ4n) is 2.03. The molecule has 1 heterocycles. The van der Waals surface area contributed by atoms with Gasteiger partial charge in [-0.25, -0.2) is 13.1 Å². The van der Waals surface area contributed by atoms with Gasteiger partial charge in [0.1, 0.15) is 10.5 Å². The van der Waals surface area contributed by atoms with E-state index in [1.165, 1.54) is 12.1 Å². The van der Waals surface area contributed by atoms with Crippen LogP contribution in [0.3, 0.4) is 0 Å². The van der Waals surface area contributed by atoms with Crippen molar-refractivity contribution in [3.05, 3.63) is 28.2 Å². The Bertz CT molecular complexity index is 587. The molecular formula is C12H15Cl2NO4S. The average molecular weight is 340 g/mol. The third-order valence-corrected chi connectivity index (χ3v) is 5.77. The smallest absolute Gasteiger partial charge is 0.243 e. The maximum Gasteiger partial charge on any atom is 0.243 e. The van der Waals surface area contributed by atoms with Crippen molar-refractivity contribution in [1.29, 1.82) is 0 Å². The van der Waals surface area contributed by atoms with Gasteiger partial charge in [-0.1, -0.05) is 29.3 Å². The molecule has 2 unspecified atom stereocenters. The van der Waals surface area contributed by atoms with Crippen LogP contribution >= 0.6 is 23.2 Å². The van der Waals surface area contributed by atoms with Crippen molar-refractivity contribution in [3.63, 3.8) is 0 Å². The van der Waals surface area contributed by atoms with Gasteiger partial charge >= 0.3 is 0 Å². The van der Waals surface area contributed by atoms with Crippen molar-refractivity contribution in [1.82, 2.24) is 4.72 Å². The second kappa shape index (κ2) is 5.79. The summed E-state index contributed by atoms with van der Waals surface area (Å²) < 4.78 is 32.1. The van der Waals surface area contributed by atoms with E-state index in [2.05, 4.69) is 4.72 Å². The number of hydrogen-bond donors (Lipinski definition) is 2. The molecule has 20 heavy (non-hydrogen) atoms. The minimum atomic E-state index is -3.90. The first-order valence-electron chi connectivity index (χ1n) is 6.04. The van der Waals surface area contributed by atoms with E-state index in [1.807, 2.05) is 0 Å². The van der Waals surface area contributed by atoms with Gasteiger partial charge in [0.25, 0.3) is 0 Å². The predicted octanol–water partition coefficient (Wildman–Crippen LogP) is 1.81. The van der Waals surface area contributed by atoms with Crippen LogP contribution in [0.1, 0.15) is 13.3 Å². The molecule has 1 aromatic carbocycles. The fraction of sp³-hybridized carbons (Fsp3) is 0.500. The van der Waals surface area contributed by atoms with Gasteiger partial charge in [0, 0.05) is 19.6 Å². The van der Waals surface area contributed by atoms with Crippen LogP contribution in [0.5, 0.6) is 0 Å². The number of sulfonamides is 1. The number of hydrogen-bond acceptors (Lipinski definition) is 4. The summed E-state index contributed by atoms with van der Waals surface area (Å²) in [6.45, 7) is 1.94. The third kappa shape index (κ3) is 3.10. The monoisotopic (exact) mass is 339 g/mol. The lowest BCUT2D eigenvalue weighted by Gasteiger charge is -2.26. The number of ether oxygens (including phenoxy) is 1. The Morgan fingerprint density at radius 3 is 2.55 bits per heavy atom. The van der Waals surface area contributed by atoms with Crippen molar-refractivity contribution < 1.29 is 18.3 Å².